The van der Waals surface area contributed by atoms with E-state index in [0.717, 1.165) is 24.2 Å². The molecule has 1 fully saturated rings. The van der Waals surface area contributed by atoms with Gasteiger partial charge in [0.2, 0.25) is 0 Å². The van der Waals surface area contributed by atoms with E-state index < -0.39 is 6.10 Å². The summed E-state index contributed by atoms with van der Waals surface area (Å²) in [7, 11) is 0. The van der Waals surface area contributed by atoms with Crippen LogP contribution in [0.3, 0.4) is 0 Å². The maximum atomic E-state index is 10.4. The lowest BCUT2D eigenvalue weighted by Gasteiger charge is -2.26. The van der Waals surface area contributed by atoms with Crippen LogP contribution in [0.15, 0.2) is 24.3 Å². The fourth-order valence-electron chi connectivity index (χ4n) is 2.15. The van der Waals surface area contributed by atoms with Crippen molar-refractivity contribution in [3.05, 3.63) is 29.8 Å². The second-order valence-corrected chi connectivity index (χ2v) is 5.50. The van der Waals surface area contributed by atoms with Crippen LogP contribution in [0.1, 0.15) is 45.3 Å². The van der Waals surface area contributed by atoms with Crippen molar-refractivity contribution in [3.8, 4) is 5.75 Å². The molecule has 0 saturated heterocycles. The van der Waals surface area contributed by atoms with Crippen molar-refractivity contribution in [2.45, 2.75) is 51.9 Å². The molecule has 1 saturated carbocycles. The molecular weight excluding hydrogens is 240 g/mol. The Labute approximate surface area is 115 Å². The maximum Gasteiger partial charge on any atom is 0.119 e. The van der Waals surface area contributed by atoms with Gasteiger partial charge in [-0.25, -0.2) is 0 Å². The molecule has 2 rings (SSSR count). The fourth-order valence-corrected chi connectivity index (χ4v) is 2.15. The number of benzene rings is 1. The van der Waals surface area contributed by atoms with Crippen LogP contribution in [0.2, 0.25) is 0 Å². The molecule has 1 N–H and O–H groups in total. The Balaban J connectivity index is 2.02. The standard InChI is InChI=1S/C16H24O3/c1-4-18-16(11(2)3)15(17)12-5-7-13(8-6-12)19-14-9-10-14/h5-8,11,14-17H,4,9-10H2,1-3H3. The number of ether oxygens (including phenoxy) is 2. The van der Waals surface area contributed by atoms with Gasteiger partial charge in [0.15, 0.2) is 0 Å². The van der Waals surface area contributed by atoms with E-state index in [2.05, 4.69) is 13.8 Å². The highest BCUT2D eigenvalue weighted by Crippen LogP contribution is 2.29. The minimum absolute atomic E-state index is 0.166. The topological polar surface area (TPSA) is 38.7 Å². The summed E-state index contributed by atoms with van der Waals surface area (Å²) in [5, 5.41) is 10.4. The molecule has 2 unspecified atom stereocenters. The van der Waals surface area contributed by atoms with Crippen molar-refractivity contribution in [1.29, 1.82) is 0 Å². The minimum atomic E-state index is -0.588. The van der Waals surface area contributed by atoms with E-state index in [4.69, 9.17) is 9.47 Å². The Morgan fingerprint density at radius 1 is 1.21 bits per heavy atom. The highest BCUT2D eigenvalue weighted by Gasteiger charge is 2.25. The van der Waals surface area contributed by atoms with E-state index in [9.17, 15) is 5.11 Å². The molecule has 0 amide bonds. The zero-order valence-electron chi connectivity index (χ0n) is 12.0. The van der Waals surface area contributed by atoms with Gasteiger partial charge >= 0.3 is 0 Å². The van der Waals surface area contributed by atoms with Crippen molar-refractivity contribution in [3.63, 3.8) is 0 Å². The van der Waals surface area contributed by atoms with Gasteiger partial charge < -0.3 is 14.6 Å². The zero-order valence-corrected chi connectivity index (χ0v) is 12.0. The van der Waals surface area contributed by atoms with E-state index in [-0.39, 0.29) is 12.0 Å². The average Bonchev–Trinajstić information content (AvgIpc) is 3.19. The molecule has 1 aliphatic carbocycles. The van der Waals surface area contributed by atoms with E-state index in [1.807, 2.05) is 31.2 Å². The van der Waals surface area contributed by atoms with Crippen LogP contribution in [-0.4, -0.2) is 23.9 Å². The first-order valence-electron chi connectivity index (χ1n) is 7.18. The predicted octanol–water partition coefficient (Wildman–Crippen LogP) is 3.32. The quantitative estimate of drug-likeness (QED) is 0.821. The van der Waals surface area contributed by atoms with Crippen LogP contribution in [0.5, 0.6) is 5.75 Å². The number of hydrogen-bond acceptors (Lipinski definition) is 3. The summed E-state index contributed by atoms with van der Waals surface area (Å²) >= 11 is 0. The van der Waals surface area contributed by atoms with E-state index in [0.29, 0.717) is 12.7 Å². The Bertz CT molecular complexity index is 381. The van der Waals surface area contributed by atoms with Crippen molar-refractivity contribution in [2.75, 3.05) is 6.61 Å². The summed E-state index contributed by atoms with van der Waals surface area (Å²) in [6.45, 7) is 6.69. The fraction of sp³-hybridized carbons (Fsp3) is 0.625. The Morgan fingerprint density at radius 3 is 2.32 bits per heavy atom. The molecule has 1 aromatic carbocycles. The first kappa shape index (κ1) is 14.4. The van der Waals surface area contributed by atoms with Gasteiger partial charge in [0.05, 0.1) is 12.2 Å². The van der Waals surface area contributed by atoms with E-state index in [1.165, 1.54) is 0 Å². The third kappa shape index (κ3) is 3.95. The summed E-state index contributed by atoms with van der Waals surface area (Å²) in [5.74, 6) is 1.16. The van der Waals surface area contributed by atoms with Crippen LogP contribution in [0, 0.1) is 5.92 Å². The van der Waals surface area contributed by atoms with Crippen molar-refractivity contribution >= 4 is 0 Å². The molecule has 1 aromatic rings. The highest BCUT2D eigenvalue weighted by atomic mass is 16.5. The molecule has 1 aliphatic rings. The first-order valence-corrected chi connectivity index (χ1v) is 7.18. The maximum absolute atomic E-state index is 10.4. The summed E-state index contributed by atoms with van der Waals surface area (Å²) < 4.78 is 11.3. The third-order valence-electron chi connectivity index (χ3n) is 3.38. The Kier molecular flexibility index (Phi) is 4.83. The summed E-state index contributed by atoms with van der Waals surface area (Å²) in [6.07, 6.45) is 1.96. The van der Waals surface area contributed by atoms with Gasteiger partial charge in [-0.1, -0.05) is 26.0 Å². The smallest absolute Gasteiger partial charge is 0.119 e. The molecule has 0 aliphatic heterocycles. The normalized spacial score (nSPS) is 18.4. The number of aliphatic hydroxyl groups is 1. The number of hydrogen-bond donors (Lipinski definition) is 1. The van der Waals surface area contributed by atoms with Crippen LogP contribution in [0.4, 0.5) is 0 Å². The van der Waals surface area contributed by atoms with E-state index >= 15 is 0 Å². The van der Waals surface area contributed by atoms with Crippen molar-refractivity contribution in [2.24, 2.45) is 5.92 Å². The molecule has 3 nitrogen and oxygen atoms in total. The lowest BCUT2D eigenvalue weighted by molar-refractivity contribution is -0.0585. The van der Waals surface area contributed by atoms with Gasteiger partial charge in [-0.15, -0.1) is 0 Å². The van der Waals surface area contributed by atoms with Gasteiger partial charge in [0.25, 0.3) is 0 Å². The van der Waals surface area contributed by atoms with Crippen LogP contribution < -0.4 is 4.74 Å². The molecule has 0 radical (unpaired) electrons. The molecule has 3 heteroatoms. The lowest BCUT2D eigenvalue weighted by Crippen LogP contribution is -2.27. The predicted molar refractivity (Wildman–Crippen MR) is 75.3 cm³/mol. The molecule has 0 bridgehead atoms. The SMILES string of the molecule is CCOC(C(C)C)C(O)c1ccc(OC2CC2)cc1. The van der Waals surface area contributed by atoms with Crippen LogP contribution >= 0.6 is 0 Å². The monoisotopic (exact) mass is 264 g/mol. The van der Waals surface area contributed by atoms with E-state index in [1.54, 1.807) is 0 Å². The lowest BCUT2D eigenvalue weighted by atomic mass is 9.96. The molecule has 2 atom stereocenters. The molecular formula is C16H24O3. The molecule has 106 valence electrons. The zero-order chi connectivity index (χ0) is 13.8. The number of rotatable bonds is 7. The third-order valence-corrected chi connectivity index (χ3v) is 3.38. The Morgan fingerprint density at radius 2 is 1.84 bits per heavy atom. The van der Waals surface area contributed by atoms with Gasteiger partial charge in [-0.3, -0.25) is 0 Å². The van der Waals surface area contributed by atoms with Gasteiger partial charge in [-0.05, 0) is 43.4 Å². The molecule has 19 heavy (non-hydrogen) atoms. The molecule has 0 aromatic heterocycles. The highest BCUT2D eigenvalue weighted by molar-refractivity contribution is 5.29. The van der Waals surface area contributed by atoms with Gasteiger partial charge in [0.1, 0.15) is 11.9 Å². The van der Waals surface area contributed by atoms with Gasteiger partial charge in [0, 0.05) is 6.61 Å². The van der Waals surface area contributed by atoms with Crippen molar-refractivity contribution in [1.82, 2.24) is 0 Å². The van der Waals surface area contributed by atoms with Crippen LogP contribution in [0.25, 0.3) is 0 Å². The average molecular weight is 264 g/mol. The van der Waals surface area contributed by atoms with Gasteiger partial charge in [-0.2, -0.15) is 0 Å². The minimum Gasteiger partial charge on any atom is -0.490 e. The molecule has 0 spiro atoms. The second-order valence-electron chi connectivity index (χ2n) is 5.50. The Hall–Kier alpha value is -1.06. The summed E-state index contributed by atoms with van der Waals surface area (Å²) in [4.78, 5) is 0. The first-order chi connectivity index (χ1) is 9.11. The summed E-state index contributed by atoms with van der Waals surface area (Å²) in [6, 6.07) is 7.72. The van der Waals surface area contributed by atoms with Crippen molar-refractivity contribution < 1.29 is 14.6 Å². The second kappa shape index (κ2) is 6.40. The number of aliphatic hydroxyl groups excluding tert-OH is 1. The molecule has 0 heterocycles. The van der Waals surface area contributed by atoms with Crippen LogP contribution in [-0.2, 0) is 4.74 Å². The largest absolute Gasteiger partial charge is 0.490 e. The summed E-state index contributed by atoms with van der Waals surface area (Å²) in [5.41, 5.74) is 0.885.